The number of ether oxygens (including phenoxy) is 1. The average Bonchev–Trinajstić information content (AvgIpc) is 2.80. The van der Waals surface area contributed by atoms with Gasteiger partial charge < -0.3 is 19.5 Å². The number of aromatic amines is 1. The zero-order chi connectivity index (χ0) is 26.5. The van der Waals surface area contributed by atoms with Gasteiger partial charge in [0.2, 0.25) is 0 Å². The summed E-state index contributed by atoms with van der Waals surface area (Å²) in [6.45, 7) is 0.0957. The minimum absolute atomic E-state index is 0.0638. The molecule has 1 aromatic heterocycles. The van der Waals surface area contributed by atoms with E-state index in [0.717, 1.165) is 0 Å². The first-order chi connectivity index (χ1) is 17.0. The molecule has 3 aromatic rings. The van der Waals surface area contributed by atoms with E-state index in [9.17, 15) is 24.5 Å². The van der Waals surface area contributed by atoms with Crippen LogP contribution >= 0.6 is 0 Å². The number of nitro benzene ring substituents is 1. The predicted octanol–water partition coefficient (Wildman–Crippen LogP) is 1.20. The standard InChI is InChI=1S/C23H25N7O6/c1-30(2,3)13-21(31)28-27-19(23(33)25-16-7-5-6-8-20(16)36-4)12-18-22(32)26-17-11-14(29(34)35)9-10-15(17)24-18/h5-11H,12-13H2,1-4H3,(H2-,25,26,28,31,32,33)/p+1. The number of fused-ring (bicyclic) bond motifs is 1. The van der Waals surface area contributed by atoms with Gasteiger partial charge in [0.1, 0.15) is 17.2 Å². The Balaban J connectivity index is 1.95. The smallest absolute Gasteiger partial charge is 0.295 e. The fourth-order valence-corrected chi connectivity index (χ4v) is 3.21. The predicted molar refractivity (Wildman–Crippen MR) is 133 cm³/mol. The van der Waals surface area contributed by atoms with Crippen LogP contribution in [0.2, 0.25) is 0 Å². The van der Waals surface area contributed by atoms with Crippen molar-refractivity contribution in [2.75, 3.05) is 40.1 Å². The van der Waals surface area contributed by atoms with E-state index in [1.807, 2.05) is 21.1 Å². The van der Waals surface area contributed by atoms with E-state index in [1.54, 1.807) is 24.3 Å². The van der Waals surface area contributed by atoms with Crippen molar-refractivity contribution >= 4 is 39.9 Å². The van der Waals surface area contributed by atoms with E-state index in [1.165, 1.54) is 25.3 Å². The van der Waals surface area contributed by atoms with Crippen molar-refractivity contribution in [2.24, 2.45) is 5.10 Å². The minimum Gasteiger partial charge on any atom is -0.495 e. The first kappa shape index (κ1) is 26.0. The molecule has 1 heterocycles. The van der Waals surface area contributed by atoms with Crippen LogP contribution in [0.15, 0.2) is 52.4 Å². The van der Waals surface area contributed by atoms with Gasteiger partial charge in [0.05, 0.1) is 49.9 Å². The normalized spacial score (nSPS) is 11.7. The third-order valence-corrected chi connectivity index (χ3v) is 4.84. The topological polar surface area (TPSA) is 169 Å². The van der Waals surface area contributed by atoms with Crippen molar-refractivity contribution < 1.29 is 23.7 Å². The number of nitrogens with zero attached hydrogens (tertiary/aromatic N) is 4. The van der Waals surface area contributed by atoms with Gasteiger partial charge in [-0.3, -0.25) is 24.5 Å². The molecular formula is C23H26N7O6+. The summed E-state index contributed by atoms with van der Waals surface area (Å²) in [5.41, 5.74) is 2.07. The summed E-state index contributed by atoms with van der Waals surface area (Å²) in [4.78, 5) is 55.3. The Morgan fingerprint density at radius 2 is 1.92 bits per heavy atom. The monoisotopic (exact) mass is 496 g/mol. The molecule has 13 heteroatoms. The first-order valence-electron chi connectivity index (χ1n) is 10.7. The molecule has 0 aliphatic heterocycles. The van der Waals surface area contributed by atoms with E-state index in [4.69, 9.17) is 4.74 Å². The highest BCUT2D eigenvalue weighted by molar-refractivity contribution is 6.43. The van der Waals surface area contributed by atoms with Crippen LogP contribution in [0.3, 0.4) is 0 Å². The number of carbonyl (C=O) groups excluding carboxylic acids is 2. The van der Waals surface area contributed by atoms with E-state index >= 15 is 0 Å². The van der Waals surface area contributed by atoms with Crippen LogP contribution in [0.25, 0.3) is 11.0 Å². The number of nitrogens with one attached hydrogen (secondary N) is 3. The van der Waals surface area contributed by atoms with Gasteiger partial charge in [0, 0.05) is 18.6 Å². The number of para-hydroxylation sites is 2. The Kier molecular flexibility index (Phi) is 7.74. The maximum Gasteiger partial charge on any atom is 0.295 e. The number of amides is 2. The fraction of sp³-hybridized carbons (Fsp3) is 0.261. The average molecular weight is 497 g/mol. The third kappa shape index (κ3) is 6.70. The number of aromatic nitrogens is 2. The van der Waals surface area contributed by atoms with Crippen molar-refractivity contribution in [1.82, 2.24) is 15.4 Å². The molecule has 0 fully saturated rings. The summed E-state index contributed by atoms with van der Waals surface area (Å²) in [5, 5.41) is 17.7. The number of anilines is 1. The van der Waals surface area contributed by atoms with E-state index < -0.39 is 22.3 Å². The number of hydrazone groups is 1. The number of hydrogen-bond acceptors (Lipinski definition) is 8. The van der Waals surface area contributed by atoms with Crippen molar-refractivity contribution in [2.45, 2.75) is 6.42 Å². The lowest BCUT2D eigenvalue weighted by Crippen LogP contribution is -2.43. The van der Waals surface area contributed by atoms with E-state index in [-0.39, 0.29) is 41.1 Å². The maximum absolute atomic E-state index is 13.1. The number of likely N-dealkylation sites (N-methyl/N-ethyl adjacent to an activating group) is 1. The summed E-state index contributed by atoms with van der Waals surface area (Å²) >= 11 is 0. The van der Waals surface area contributed by atoms with Gasteiger partial charge in [0.25, 0.3) is 23.1 Å². The first-order valence-corrected chi connectivity index (χ1v) is 10.7. The minimum atomic E-state index is -0.685. The fourth-order valence-electron chi connectivity index (χ4n) is 3.21. The number of hydrogen-bond donors (Lipinski definition) is 3. The van der Waals surface area contributed by atoms with Crippen molar-refractivity contribution in [3.05, 3.63) is 68.6 Å². The highest BCUT2D eigenvalue weighted by atomic mass is 16.6. The van der Waals surface area contributed by atoms with Crippen molar-refractivity contribution in [3.63, 3.8) is 0 Å². The zero-order valence-corrected chi connectivity index (χ0v) is 20.2. The maximum atomic E-state index is 13.1. The second kappa shape index (κ2) is 10.7. The summed E-state index contributed by atoms with van der Waals surface area (Å²) in [6, 6.07) is 10.6. The molecule has 0 aliphatic carbocycles. The molecule has 0 atom stereocenters. The number of methoxy groups -OCH3 is 1. The molecule has 0 radical (unpaired) electrons. The Hall–Kier alpha value is -4.65. The molecule has 3 rings (SSSR count). The molecule has 2 amide bonds. The lowest BCUT2D eigenvalue weighted by molar-refractivity contribution is -0.862. The number of quaternary nitrogens is 1. The number of nitro groups is 1. The molecule has 0 unspecified atom stereocenters. The van der Waals surface area contributed by atoms with Crippen LogP contribution in [0.5, 0.6) is 5.75 Å². The number of rotatable bonds is 9. The number of benzene rings is 2. The molecule has 0 spiro atoms. The molecule has 3 N–H and O–H groups in total. The second-order valence-electron chi connectivity index (χ2n) is 8.84. The van der Waals surface area contributed by atoms with E-state index in [0.29, 0.717) is 15.9 Å². The van der Waals surface area contributed by atoms with Gasteiger partial charge >= 0.3 is 0 Å². The number of carbonyl (C=O) groups is 2. The van der Waals surface area contributed by atoms with Crippen LogP contribution in [-0.4, -0.2) is 71.7 Å². The quantitative estimate of drug-likeness (QED) is 0.173. The Morgan fingerprint density at radius 1 is 1.19 bits per heavy atom. The van der Waals surface area contributed by atoms with Gasteiger partial charge in [-0.15, -0.1) is 0 Å². The highest BCUT2D eigenvalue weighted by Gasteiger charge is 2.20. The van der Waals surface area contributed by atoms with Gasteiger partial charge in [-0.2, -0.15) is 5.10 Å². The molecule has 0 saturated heterocycles. The summed E-state index contributed by atoms with van der Waals surface area (Å²) in [6.07, 6.45) is -0.325. The molecule has 13 nitrogen and oxygen atoms in total. The Labute approximate surface area is 205 Å². The highest BCUT2D eigenvalue weighted by Crippen LogP contribution is 2.23. The van der Waals surface area contributed by atoms with Crippen LogP contribution in [0.4, 0.5) is 11.4 Å². The van der Waals surface area contributed by atoms with Gasteiger partial charge in [-0.05, 0) is 18.2 Å². The third-order valence-electron chi connectivity index (χ3n) is 4.84. The lowest BCUT2D eigenvalue weighted by atomic mass is 10.1. The summed E-state index contributed by atoms with van der Waals surface area (Å²) in [7, 11) is 6.91. The molecule has 0 aliphatic rings. The molecule has 0 bridgehead atoms. The van der Waals surface area contributed by atoms with Crippen molar-refractivity contribution in [3.8, 4) is 5.75 Å². The molecular weight excluding hydrogens is 470 g/mol. The summed E-state index contributed by atoms with van der Waals surface area (Å²) in [5.74, 6) is -0.713. The Morgan fingerprint density at radius 3 is 2.58 bits per heavy atom. The van der Waals surface area contributed by atoms with Gasteiger partial charge in [0.15, 0.2) is 6.54 Å². The molecule has 2 aromatic carbocycles. The van der Waals surface area contributed by atoms with Gasteiger partial charge in [-0.25, -0.2) is 10.4 Å². The van der Waals surface area contributed by atoms with Crippen molar-refractivity contribution in [1.29, 1.82) is 0 Å². The van der Waals surface area contributed by atoms with Gasteiger partial charge in [-0.1, -0.05) is 12.1 Å². The zero-order valence-electron chi connectivity index (χ0n) is 20.2. The van der Waals surface area contributed by atoms with Crippen LogP contribution in [-0.2, 0) is 16.0 Å². The Bertz CT molecular complexity index is 1410. The number of non-ortho nitro benzene ring substituents is 1. The van der Waals surface area contributed by atoms with Crippen LogP contribution in [0, 0.1) is 10.1 Å². The lowest BCUT2D eigenvalue weighted by Gasteiger charge is -2.22. The molecule has 0 saturated carbocycles. The van der Waals surface area contributed by atoms with E-state index in [2.05, 4.69) is 25.8 Å². The summed E-state index contributed by atoms with van der Waals surface area (Å²) < 4.78 is 5.58. The van der Waals surface area contributed by atoms with Crippen LogP contribution < -0.4 is 21.0 Å². The largest absolute Gasteiger partial charge is 0.495 e. The molecule has 188 valence electrons. The molecule has 36 heavy (non-hydrogen) atoms. The SMILES string of the molecule is COc1ccccc1NC(=O)C(Cc1nc2ccc([N+](=O)[O-])cc2[nH]c1=O)=NNC(=O)C[N+](C)(C)C. The number of H-pyrrole nitrogens is 1. The second-order valence-corrected chi connectivity index (χ2v) is 8.84. The van der Waals surface area contributed by atoms with Crippen LogP contribution in [0.1, 0.15) is 5.69 Å².